The maximum absolute atomic E-state index is 10.2. The number of nitrogens with zero attached hydrogens (tertiary/aromatic N) is 4. The van der Waals surface area contributed by atoms with Gasteiger partial charge in [-0.15, -0.1) is 29.7 Å². The number of hydrogen-bond donors (Lipinski definition) is 0. The first kappa shape index (κ1) is 32.7. The van der Waals surface area contributed by atoms with E-state index in [0.29, 0.717) is 27.4 Å². The molecular formula is C82H68N4OPtSi-2. The second kappa shape index (κ2) is 23.6. The molecule has 0 saturated heterocycles. The zero-order valence-electron chi connectivity index (χ0n) is 79.5. The predicted octanol–water partition coefficient (Wildman–Crippen LogP) is 17.2. The van der Waals surface area contributed by atoms with Gasteiger partial charge in [0.1, 0.15) is 5.82 Å². The Kier molecular flexibility index (Phi) is 8.66. The van der Waals surface area contributed by atoms with E-state index in [1.165, 1.54) is 51.6 Å². The van der Waals surface area contributed by atoms with Crippen molar-refractivity contribution in [1.82, 2.24) is 14.1 Å². The Morgan fingerprint density at radius 2 is 1.12 bits per heavy atom. The minimum Gasteiger partial charge on any atom is -0.510 e. The Labute approximate surface area is 582 Å². The summed E-state index contributed by atoms with van der Waals surface area (Å²) >= 11 is 0. The van der Waals surface area contributed by atoms with Crippen molar-refractivity contribution < 1.29 is 72.9 Å². The number of ether oxygens (including phenoxy) is 1. The van der Waals surface area contributed by atoms with E-state index in [9.17, 15) is 23.3 Å². The van der Waals surface area contributed by atoms with Gasteiger partial charge in [-0.2, -0.15) is 18.2 Å². The van der Waals surface area contributed by atoms with Crippen molar-refractivity contribution in [1.29, 1.82) is 0 Å². The third kappa shape index (κ3) is 10.8. The molecule has 0 N–H and O–H groups in total. The van der Waals surface area contributed by atoms with Gasteiger partial charge < -0.3 is 13.9 Å². The molecule has 438 valence electrons. The number of aromatic nitrogens is 4. The molecule has 0 unspecified atom stereocenters. The van der Waals surface area contributed by atoms with E-state index in [0.717, 1.165) is 12.3 Å². The monoisotopic (exact) mass is 1380 g/mol. The van der Waals surface area contributed by atoms with Crippen LogP contribution in [0.1, 0.15) is 106 Å². The number of para-hydroxylation sites is 1. The summed E-state index contributed by atoms with van der Waals surface area (Å²) in [5.41, 5.74) is -1.74. The molecule has 14 rings (SSSR count). The quantitative estimate of drug-likeness (QED) is 0.0529. The first-order valence-electron chi connectivity index (χ1n) is 43.4. The number of hydrogen-bond acceptors (Lipinski definition) is 2. The Morgan fingerprint density at radius 1 is 0.517 bits per heavy atom. The van der Waals surface area contributed by atoms with Crippen LogP contribution in [0, 0.1) is 32.2 Å². The second-order valence-corrected chi connectivity index (χ2v) is 26.5. The average Bonchev–Trinajstić information content (AvgIpc) is 1.02. The van der Waals surface area contributed by atoms with Gasteiger partial charge in [0.15, 0.2) is 8.07 Å². The Morgan fingerprint density at radius 3 is 1.74 bits per heavy atom. The summed E-state index contributed by atoms with van der Waals surface area (Å²) < 4.78 is 299. The summed E-state index contributed by atoms with van der Waals surface area (Å²) in [5, 5.41) is -2.24. The zero-order chi connectivity index (χ0) is 87.1. The van der Waals surface area contributed by atoms with Gasteiger partial charge in [0.25, 0.3) is 6.33 Å². The summed E-state index contributed by atoms with van der Waals surface area (Å²) in [5.74, 6) is -0.0497. The molecule has 0 aliphatic carbocycles. The van der Waals surface area contributed by atoms with Gasteiger partial charge in [-0.25, -0.2) is 4.98 Å². The normalized spacial score (nSPS) is 17.2. The molecule has 0 saturated carbocycles. The van der Waals surface area contributed by atoms with E-state index in [2.05, 4.69) is 23.4 Å². The van der Waals surface area contributed by atoms with Crippen molar-refractivity contribution in [2.45, 2.75) is 66.1 Å². The van der Waals surface area contributed by atoms with Gasteiger partial charge >= 0.3 is 0 Å². The molecular weight excluding hydrogens is 1280 g/mol. The minimum absolute atomic E-state index is 0. The van der Waals surface area contributed by atoms with Crippen molar-refractivity contribution in [3.05, 3.63) is 307 Å². The minimum atomic E-state index is -6.43. The van der Waals surface area contributed by atoms with Crippen molar-refractivity contribution in [2.24, 2.45) is 0 Å². The molecule has 0 radical (unpaired) electrons. The summed E-state index contributed by atoms with van der Waals surface area (Å²) in [6.45, 7) is 5.26. The molecule has 0 amide bonds. The van der Waals surface area contributed by atoms with Crippen LogP contribution in [0.15, 0.2) is 266 Å². The number of benzene rings is 11. The first-order valence-corrected chi connectivity index (χ1v) is 29.9. The molecule has 7 heteroatoms. The van der Waals surface area contributed by atoms with E-state index in [-0.39, 0.29) is 99.7 Å². The van der Waals surface area contributed by atoms with Crippen molar-refractivity contribution in [3.63, 3.8) is 0 Å². The van der Waals surface area contributed by atoms with Crippen LogP contribution in [0.3, 0.4) is 0 Å². The maximum atomic E-state index is 10.2. The number of fused-ring (bicyclic) bond motifs is 4. The molecule has 0 atom stereocenters. The zero-order valence-corrected chi connectivity index (χ0v) is 51.8. The number of aryl methyl sites for hydroxylation is 2. The van der Waals surface area contributed by atoms with Gasteiger partial charge in [0, 0.05) is 58.1 Å². The largest absolute Gasteiger partial charge is 0.510 e. The predicted molar refractivity (Wildman–Crippen MR) is 367 cm³/mol. The number of rotatable bonds is 12. The van der Waals surface area contributed by atoms with Crippen LogP contribution in [0.25, 0.3) is 83.4 Å². The van der Waals surface area contributed by atoms with Crippen molar-refractivity contribution in [3.8, 4) is 62.1 Å². The molecule has 0 spiro atoms. The Bertz CT molecular complexity index is 6390. The van der Waals surface area contributed by atoms with Gasteiger partial charge in [-0.05, 0) is 119 Å². The van der Waals surface area contributed by atoms with Crippen LogP contribution in [-0.4, -0.2) is 22.2 Å². The van der Waals surface area contributed by atoms with Crippen LogP contribution in [0.4, 0.5) is 0 Å². The van der Waals surface area contributed by atoms with Gasteiger partial charge in [-0.3, -0.25) is 4.57 Å². The first-order chi connectivity index (χ1) is 55.5. The van der Waals surface area contributed by atoms with E-state index < -0.39 is 216 Å². The fourth-order valence-corrected chi connectivity index (χ4v) is 15.2. The molecule has 14 aromatic rings. The fraction of sp³-hybridized carbons (Fsp3) is 0.122. The summed E-state index contributed by atoms with van der Waals surface area (Å²) in [6.07, 6.45) is 4.53. The van der Waals surface area contributed by atoms with E-state index in [1.54, 1.807) is 53.1 Å². The van der Waals surface area contributed by atoms with Crippen molar-refractivity contribution in [2.75, 3.05) is 0 Å². The molecule has 3 aromatic heterocycles. The fourth-order valence-electron chi connectivity index (χ4n) is 11.2. The van der Waals surface area contributed by atoms with E-state index in [4.69, 9.17) is 23.9 Å². The van der Waals surface area contributed by atoms with Gasteiger partial charge in [0.2, 0.25) is 0 Å². The van der Waals surface area contributed by atoms with Gasteiger partial charge in [0.05, 0.1) is 51.0 Å². The van der Waals surface area contributed by atoms with Crippen LogP contribution < -0.4 is 30.1 Å². The molecule has 0 fully saturated rings. The second-order valence-electron chi connectivity index (χ2n) is 23.0. The summed E-state index contributed by atoms with van der Waals surface area (Å²) in [4.78, 5) is 4.69. The Balaban J connectivity index is 0.0000124. The standard InChI is InChI=1S/C82H68N4OSi.Pt/c1-56-45-72(61-48-62(81(3,4)5)51-63(49-61)82(6,7)8)80(78(46-56)88(67-33-18-11-19-34-67,68-35-20-12-21-36-68)69-37-22-13-23-38-69)85-55-84(77-50-60(41-44-75(77)85)58-27-14-9-15-28-58)64-31-26-32-65(52-64)87-66-42-43-71-70-39-24-25-40-74(70)86(76(71)53-66)79-47-57(2)73(54-83-79)59-29-16-10-17-30-59;/h9-51,54H,1-8H3;/q-2;/i1D3,2D3,9D,10D,11D,12D,13D,14D,15D,16D,17D,18D,19D,20D,21D,22D,23D,27D,28D,29D,30D,33D,34D,35D,36D,37D,38D;. The SMILES string of the molecule is [2H]c1c([2H])c([2H])c(-c2ccc3c(c2)n(-c2[c-]c(Oc4[c-]c5c(cc4)c4ccccc4n5-c4cc(C([2H])([2H])[2H])c(-c5c([2H])c([2H])c([2H])c([2H])c5[2H])cn4)ccc2)[c-][n+]3-c2c(-c3cc(C(C)(C)C)cc(C(C)(C)C)c3)cc(C([2H])([2H])[2H])cc2[Si](c2c([2H])c([2H])c([2H])c([2H])c2[2H])(c2c([2H])c([2H])c([2H])c([2H])c2[2H])c2c([2H])c([2H])c([2H])c([2H])c2[2H])c([2H])c1[2H].[Pt]. The topological polar surface area (TPSA) is 35.9 Å². The Hall–Kier alpha value is -9.45. The number of pyridine rings is 1. The van der Waals surface area contributed by atoms with Crippen molar-refractivity contribution >= 4 is 61.7 Å². The molecule has 0 bridgehead atoms. The van der Waals surface area contributed by atoms with Crippen LogP contribution in [0.5, 0.6) is 11.5 Å². The summed E-state index contributed by atoms with van der Waals surface area (Å²) in [7, 11) is -6.43. The van der Waals surface area contributed by atoms with E-state index >= 15 is 0 Å². The molecule has 89 heavy (non-hydrogen) atoms. The van der Waals surface area contributed by atoms with E-state index in [1.807, 2.05) is 53.7 Å². The third-order valence-electron chi connectivity index (χ3n) is 15.4. The van der Waals surface area contributed by atoms with Gasteiger partial charge in [-0.1, -0.05) is 264 Å². The molecule has 0 aliphatic rings. The molecule has 0 aliphatic heterocycles. The number of imidazole rings is 1. The molecule has 3 heterocycles. The maximum Gasteiger partial charge on any atom is 0.268 e. The smallest absolute Gasteiger partial charge is 0.268 e. The van der Waals surface area contributed by atoms with Crippen LogP contribution in [-0.2, 0) is 31.9 Å². The summed E-state index contributed by atoms with van der Waals surface area (Å²) in [6, 6.07) is 11.4. The molecule has 11 aromatic carbocycles. The molecule has 5 nitrogen and oxygen atoms in total. The van der Waals surface area contributed by atoms with Crippen LogP contribution >= 0.6 is 0 Å². The average molecular weight is 1380 g/mol. The van der Waals surface area contributed by atoms with Crippen LogP contribution in [0.2, 0.25) is 0 Å². The third-order valence-corrected chi connectivity index (χ3v) is 19.6.